The van der Waals surface area contributed by atoms with Crippen molar-refractivity contribution in [3.8, 4) is 0 Å². The van der Waals surface area contributed by atoms with Gasteiger partial charge in [-0.1, -0.05) is 0 Å². The Morgan fingerprint density at radius 2 is 1.31 bits per heavy atom. The fourth-order valence-electron chi connectivity index (χ4n) is 2.29. The Labute approximate surface area is 181 Å². The molecule has 4 atom stereocenters. The third-order valence-electron chi connectivity index (χ3n) is 4.06. The molecule has 0 saturated heterocycles. The summed E-state index contributed by atoms with van der Waals surface area (Å²) in [6, 6.07) is -5.77. The minimum Gasteiger partial charge on any atom is -0.481 e. The number of carboxylic acids is 3. The number of hydrogen-bond acceptors (Lipinski definition) is 8. The molecule has 0 saturated carbocycles. The first-order valence-electron chi connectivity index (χ1n) is 9.36. The van der Waals surface area contributed by atoms with Crippen LogP contribution >= 0.6 is 0 Å². The van der Waals surface area contributed by atoms with Crippen molar-refractivity contribution in [2.45, 2.75) is 63.2 Å². The molecule has 0 aliphatic heterocycles. The van der Waals surface area contributed by atoms with Crippen LogP contribution in [0.5, 0.6) is 0 Å². The van der Waals surface area contributed by atoms with Crippen LogP contribution in [0.1, 0.15) is 39.0 Å². The van der Waals surface area contributed by atoms with Gasteiger partial charge in [-0.15, -0.1) is 0 Å². The number of rotatable bonds is 15. The van der Waals surface area contributed by atoms with Crippen molar-refractivity contribution in [1.82, 2.24) is 16.0 Å². The van der Waals surface area contributed by atoms with E-state index in [2.05, 4.69) is 16.0 Å². The number of carbonyl (C=O) groups is 7. The zero-order valence-corrected chi connectivity index (χ0v) is 17.2. The van der Waals surface area contributed by atoms with E-state index in [4.69, 9.17) is 26.8 Å². The Morgan fingerprint density at radius 1 is 0.750 bits per heavy atom. The second-order valence-electron chi connectivity index (χ2n) is 6.83. The standard InChI is InChI=1S/C17H27N5O10/c1-7(14(28)21-9(17(31)32)3-4-11(19)23)20-16(30)10(6-13(26)27)22-15(29)8(18)2-5-12(24)25/h7-10H,2-6,18H2,1H3,(H2,19,23)(H,20,30)(H,21,28)(H,22,29)(H,24,25)(H,26,27)(H,31,32). The topological polar surface area (TPSA) is 268 Å². The summed E-state index contributed by atoms with van der Waals surface area (Å²) in [7, 11) is 0. The van der Waals surface area contributed by atoms with Crippen LogP contribution in [-0.2, 0) is 33.6 Å². The van der Waals surface area contributed by atoms with Gasteiger partial charge in [-0.25, -0.2) is 4.79 Å². The smallest absolute Gasteiger partial charge is 0.326 e. The van der Waals surface area contributed by atoms with E-state index in [1.165, 1.54) is 6.92 Å². The molecule has 4 unspecified atom stereocenters. The van der Waals surface area contributed by atoms with Crippen LogP contribution in [0.4, 0.5) is 0 Å². The van der Waals surface area contributed by atoms with Crippen molar-refractivity contribution in [2.75, 3.05) is 0 Å². The lowest BCUT2D eigenvalue weighted by molar-refractivity contribution is -0.143. The van der Waals surface area contributed by atoms with Crippen molar-refractivity contribution in [3.63, 3.8) is 0 Å². The number of aliphatic carboxylic acids is 3. The van der Waals surface area contributed by atoms with E-state index >= 15 is 0 Å². The summed E-state index contributed by atoms with van der Waals surface area (Å²) in [5.41, 5.74) is 10.5. The summed E-state index contributed by atoms with van der Waals surface area (Å²) in [5.74, 6) is -7.87. The van der Waals surface area contributed by atoms with E-state index in [0.717, 1.165) is 0 Å². The second-order valence-corrected chi connectivity index (χ2v) is 6.83. The van der Waals surface area contributed by atoms with Crippen molar-refractivity contribution < 1.29 is 48.9 Å². The van der Waals surface area contributed by atoms with Gasteiger partial charge in [0.2, 0.25) is 23.6 Å². The summed E-state index contributed by atoms with van der Waals surface area (Å²) < 4.78 is 0. The van der Waals surface area contributed by atoms with Crippen LogP contribution < -0.4 is 27.4 Å². The van der Waals surface area contributed by atoms with Gasteiger partial charge in [0.25, 0.3) is 0 Å². The third kappa shape index (κ3) is 11.4. The maximum atomic E-state index is 12.4. The van der Waals surface area contributed by atoms with E-state index in [1.54, 1.807) is 0 Å². The molecule has 0 spiro atoms. The number of amides is 4. The average molecular weight is 461 g/mol. The Balaban J connectivity index is 5.07. The highest BCUT2D eigenvalue weighted by Crippen LogP contribution is 2.01. The summed E-state index contributed by atoms with van der Waals surface area (Å²) in [4.78, 5) is 80.2. The Kier molecular flexibility index (Phi) is 11.9. The predicted octanol–water partition coefficient (Wildman–Crippen LogP) is -3.52. The minimum absolute atomic E-state index is 0.261. The maximum Gasteiger partial charge on any atom is 0.326 e. The molecule has 0 fully saturated rings. The Hall–Kier alpha value is -3.75. The fourth-order valence-corrected chi connectivity index (χ4v) is 2.29. The van der Waals surface area contributed by atoms with Crippen LogP contribution in [0, 0.1) is 0 Å². The average Bonchev–Trinajstić information content (AvgIpc) is 2.67. The van der Waals surface area contributed by atoms with Gasteiger partial charge in [-0.05, 0) is 19.8 Å². The molecule has 180 valence electrons. The minimum atomic E-state index is -1.64. The van der Waals surface area contributed by atoms with Gasteiger partial charge in [0.1, 0.15) is 18.1 Å². The van der Waals surface area contributed by atoms with Gasteiger partial charge in [0, 0.05) is 12.8 Å². The fraction of sp³-hybridized carbons (Fsp3) is 0.588. The molecule has 10 N–H and O–H groups in total. The second kappa shape index (κ2) is 13.5. The number of primary amides is 1. The number of carbonyl (C=O) groups excluding carboxylic acids is 4. The van der Waals surface area contributed by atoms with Gasteiger partial charge >= 0.3 is 17.9 Å². The van der Waals surface area contributed by atoms with Crippen LogP contribution in [0.25, 0.3) is 0 Å². The van der Waals surface area contributed by atoms with Crippen LogP contribution in [0.2, 0.25) is 0 Å². The van der Waals surface area contributed by atoms with E-state index in [9.17, 15) is 33.6 Å². The number of nitrogens with two attached hydrogens (primary N) is 2. The first-order valence-corrected chi connectivity index (χ1v) is 9.36. The summed E-state index contributed by atoms with van der Waals surface area (Å²) >= 11 is 0. The van der Waals surface area contributed by atoms with E-state index in [1.807, 2.05) is 0 Å². The molecular formula is C17H27N5O10. The van der Waals surface area contributed by atoms with Gasteiger partial charge in [-0.3, -0.25) is 28.8 Å². The monoisotopic (exact) mass is 461 g/mol. The number of nitrogens with one attached hydrogen (secondary N) is 3. The quantitative estimate of drug-likeness (QED) is 0.118. The molecule has 0 aliphatic carbocycles. The van der Waals surface area contributed by atoms with Crippen molar-refractivity contribution in [2.24, 2.45) is 11.5 Å². The lowest BCUT2D eigenvalue weighted by Gasteiger charge is -2.22. The van der Waals surface area contributed by atoms with Gasteiger partial charge in [0.15, 0.2) is 0 Å². The molecule has 0 aromatic heterocycles. The van der Waals surface area contributed by atoms with Crippen molar-refractivity contribution in [1.29, 1.82) is 0 Å². The normalized spacial score (nSPS) is 14.2. The molecular weight excluding hydrogens is 434 g/mol. The Morgan fingerprint density at radius 3 is 1.78 bits per heavy atom. The molecule has 0 aromatic carbocycles. The molecule has 0 heterocycles. The molecule has 0 radical (unpaired) electrons. The SMILES string of the molecule is CC(NC(=O)C(CC(=O)O)NC(=O)C(N)CCC(=O)O)C(=O)NC(CCC(N)=O)C(=O)O. The van der Waals surface area contributed by atoms with E-state index in [-0.39, 0.29) is 19.3 Å². The molecule has 0 aliphatic rings. The zero-order valence-electron chi connectivity index (χ0n) is 17.2. The van der Waals surface area contributed by atoms with E-state index in [0.29, 0.717) is 0 Å². The third-order valence-corrected chi connectivity index (χ3v) is 4.06. The summed E-state index contributed by atoms with van der Waals surface area (Å²) in [5, 5.41) is 33.0. The van der Waals surface area contributed by atoms with Gasteiger partial charge in [0.05, 0.1) is 12.5 Å². The van der Waals surface area contributed by atoms with Crippen LogP contribution in [0.3, 0.4) is 0 Å². The first-order chi connectivity index (χ1) is 14.7. The lowest BCUT2D eigenvalue weighted by Crippen LogP contribution is -2.56. The van der Waals surface area contributed by atoms with Crippen molar-refractivity contribution in [3.05, 3.63) is 0 Å². The van der Waals surface area contributed by atoms with Gasteiger partial charge < -0.3 is 42.7 Å². The molecule has 15 heteroatoms. The van der Waals surface area contributed by atoms with Crippen LogP contribution in [-0.4, -0.2) is 81.0 Å². The number of hydrogen-bond donors (Lipinski definition) is 8. The van der Waals surface area contributed by atoms with Gasteiger partial charge in [-0.2, -0.15) is 0 Å². The zero-order chi connectivity index (χ0) is 25.0. The highest BCUT2D eigenvalue weighted by molar-refractivity contribution is 5.95. The Bertz CT molecular complexity index is 756. The number of carboxylic acid groups (broad SMARTS) is 3. The molecule has 0 aromatic rings. The van der Waals surface area contributed by atoms with Crippen LogP contribution in [0.15, 0.2) is 0 Å². The molecule has 32 heavy (non-hydrogen) atoms. The molecule has 15 nitrogen and oxygen atoms in total. The van der Waals surface area contributed by atoms with Crippen molar-refractivity contribution >= 4 is 41.5 Å². The first kappa shape index (κ1) is 28.2. The lowest BCUT2D eigenvalue weighted by atomic mass is 10.1. The highest BCUT2D eigenvalue weighted by Gasteiger charge is 2.29. The molecule has 4 amide bonds. The molecule has 0 bridgehead atoms. The summed E-state index contributed by atoms with van der Waals surface area (Å²) in [6.07, 6.45) is -2.16. The summed E-state index contributed by atoms with van der Waals surface area (Å²) in [6.45, 7) is 1.18. The maximum absolute atomic E-state index is 12.4. The predicted molar refractivity (Wildman–Crippen MR) is 105 cm³/mol. The highest BCUT2D eigenvalue weighted by atomic mass is 16.4. The largest absolute Gasteiger partial charge is 0.481 e. The van der Waals surface area contributed by atoms with E-state index < -0.39 is 78.5 Å². The molecule has 0 rings (SSSR count).